The lowest BCUT2D eigenvalue weighted by Gasteiger charge is -2.50. The summed E-state index contributed by atoms with van der Waals surface area (Å²) in [6.07, 6.45) is -0.767. The number of amides is 6. The Bertz CT molecular complexity index is 2630. The Labute approximate surface area is 375 Å². The van der Waals surface area contributed by atoms with Crippen LogP contribution in [0.4, 0.5) is 15.3 Å². The lowest BCUT2D eigenvalue weighted by Crippen LogP contribution is -2.71. The van der Waals surface area contributed by atoms with Gasteiger partial charge in [0.05, 0.1) is 4.90 Å². The number of anilines is 1. The summed E-state index contributed by atoms with van der Waals surface area (Å²) in [5.74, 6) is -1.28. The van der Waals surface area contributed by atoms with E-state index in [-0.39, 0.29) is 29.4 Å². The maximum Gasteiger partial charge on any atom is 0.356 e. The molecule has 0 bridgehead atoms. The van der Waals surface area contributed by atoms with Gasteiger partial charge in [-0.25, -0.2) is 24.0 Å². The monoisotopic (exact) mass is 926 g/mol. The van der Waals surface area contributed by atoms with Gasteiger partial charge in [-0.1, -0.05) is 102 Å². The number of esters is 1. The lowest BCUT2D eigenvalue weighted by molar-refractivity contribution is -0.154. The molecule has 332 valence electrons. The maximum atomic E-state index is 14.3. The van der Waals surface area contributed by atoms with Crippen molar-refractivity contribution in [2.24, 2.45) is 7.05 Å². The zero-order chi connectivity index (χ0) is 45.5. The topological polar surface area (TPSA) is 261 Å². The number of carbonyl (C=O) groups is 5. The van der Waals surface area contributed by atoms with Gasteiger partial charge in [-0.3, -0.25) is 19.0 Å². The first-order valence-electron chi connectivity index (χ1n) is 19.6. The largest absolute Gasteiger partial charge is 0.448 e. The molecule has 3 aliphatic rings. The minimum atomic E-state index is -4.02. The van der Waals surface area contributed by atoms with Crippen molar-refractivity contribution in [2.75, 3.05) is 30.3 Å². The Kier molecular flexibility index (Phi) is 14.0. The first kappa shape index (κ1) is 45.3. The molecule has 0 unspecified atom stereocenters. The number of aryl methyl sites for hydroxylation is 2. The van der Waals surface area contributed by atoms with Crippen molar-refractivity contribution in [1.29, 1.82) is 0 Å². The Hall–Kier alpha value is -6.75. The average molecular weight is 927 g/mol. The van der Waals surface area contributed by atoms with Crippen molar-refractivity contribution < 1.29 is 41.7 Å². The highest BCUT2D eigenvalue weighted by Gasteiger charge is 2.55. The smallest absolute Gasteiger partial charge is 0.356 e. The molecule has 2 saturated heterocycles. The van der Waals surface area contributed by atoms with Gasteiger partial charge in [-0.05, 0) is 63.9 Å². The summed E-state index contributed by atoms with van der Waals surface area (Å²) in [7, 11) is -2.32. The molecule has 2 fully saturated rings. The van der Waals surface area contributed by atoms with E-state index in [0.29, 0.717) is 27.7 Å². The fourth-order valence-electron chi connectivity index (χ4n) is 6.83. The number of fused-ring (bicyclic) bond motifs is 1. The fraction of sp³-hybridized carbons (Fsp3) is 0.238. The summed E-state index contributed by atoms with van der Waals surface area (Å²) >= 11 is 2.69. The van der Waals surface area contributed by atoms with E-state index in [0.717, 1.165) is 21.6 Å². The number of thioether (sulfide) groups is 2. The third-order valence-electron chi connectivity index (χ3n) is 10.1. The van der Waals surface area contributed by atoms with Gasteiger partial charge in [0.15, 0.2) is 6.10 Å². The number of rotatable bonds is 12. The number of nitrogen functional groups attached to an aromatic ring is 1. The highest BCUT2D eigenvalue weighted by molar-refractivity contribution is 8.01. The van der Waals surface area contributed by atoms with Gasteiger partial charge in [0.1, 0.15) is 23.2 Å². The number of aromatic nitrogens is 4. The van der Waals surface area contributed by atoms with Crippen LogP contribution < -0.4 is 21.7 Å². The molecule has 6 amide bonds. The van der Waals surface area contributed by atoms with E-state index in [2.05, 4.69) is 31.5 Å². The van der Waals surface area contributed by atoms with Crippen molar-refractivity contribution in [3.63, 3.8) is 0 Å². The summed E-state index contributed by atoms with van der Waals surface area (Å²) in [5.41, 5.74) is 9.88. The van der Waals surface area contributed by atoms with E-state index in [1.165, 1.54) is 45.2 Å². The van der Waals surface area contributed by atoms with Gasteiger partial charge in [0.25, 0.3) is 16.0 Å². The molecule has 5 aromatic rings. The number of benzene rings is 4. The number of β-lactam (4-membered cyclic amide) rings is 1. The molecule has 19 nitrogen and oxygen atoms in total. The number of tetrazole rings is 1. The molecular formula is C42H42N10O9S3. The summed E-state index contributed by atoms with van der Waals surface area (Å²) in [5, 5.41) is 19.4. The molecule has 3 aliphatic heterocycles. The maximum absolute atomic E-state index is 14.3. The van der Waals surface area contributed by atoms with Crippen molar-refractivity contribution >= 4 is 69.2 Å². The quantitative estimate of drug-likeness (QED) is 0.0394. The van der Waals surface area contributed by atoms with E-state index < -0.39 is 63.5 Å². The van der Waals surface area contributed by atoms with Crippen LogP contribution in [-0.4, -0.2) is 109 Å². The fourth-order valence-corrected chi connectivity index (χ4v) is 9.64. The Balaban J connectivity index is 0.000000487. The SMILES string of the molecule is Cc1ccc(S(=O)(=O)O)cc1.Cn1nnnc1SCC1=C(C(=O)OC(c2ccccc2)c2ccccc2)N2C(=O)[C@@H](NC(=O)[C@H](NC(=O)N3CCNC3=O)c3ccc(N)cc3)[C@@H]2SC1. The summed E-state index contributed by atoms with van der Waals surface area (Å²) in [6.45, 7) is 2.25. The van der Waals surface area contributed by atoms with Crippen LogP contribution in [0.1, 0.15) is 34.4 Å². The van der Waals surface area contributed by atoms with Gasteiger partial charge in [0.2, 0.25) is 11.1 Å². The number of ether oxygens (including phenoxy) is 1. The molecule has 3 atom stereocenters. The third-order valence-corrected chi connectivity index (χ3v) is 13.4. The molecule has 0 spiro atoms. The molecule has 64 heavy (non-hydrogen) atoms. The molecule has 8 rings (SSSR count). The van der Waals surface area contributed by atoms with E-state index in [9.17, 15) is 32.4 Å². The molecule has 0 aliphatic carbocycles. The predicted molar refractivity (Wildman–Crippen MR) is 236 cm³/mol. The molecule has 4 aromatic carbocycles. The van der Waals surface area contributed by atoms with Crippen molar-refractivity contribution in [3.05, 3.63) is 143 Å². The normalized spacial score (nSPS) is 17.4. The number of nitrogens with two attached hydrogens (primary N) is 1. The molecule has 0 saturated carbocycles. The van der Waals surface area contributed by atoms with Crippen molar-refractivity contribution in [2.45, 2.75) is 40.5 Å². The van der Waals surface area contributed by atoms with Crippen LogP contribution in [0.25, 0.3) is 0 Å². The molecule has 4 heterocycles. The number of hydrogen-bond donors (Lipinski definition) is 5. The molecule has 1 aromatic heterocycles. The van der Waals surface area contributed by atoms with Crippen LogP contribution in [0.5, 0.6) is 0 Å². The molecular weight excluding hydrogens is 885 g/mol. The number of nitrogens with zero attached hydrogens (tertiary/aromatic N) is 6. The third kappa shape index (κ3) is 10.4. The van der Waals surface area contributed by atoms with Crippen LogP contribution in [0.2, 0.25) is 0 Å². The van der Waals surface area contributed by atoms with Gasteiger partial charge < -0.3 is 26.4 Å². The number of carbonyl (C=O) groups excluding carboxylic acids is 5. The second-order valence-corrected chi connectivity index (χ2v) is 18.0. The zero-order valence-electron chi connectivity index (χ0n) is 34.2. The second-order valence-electron chi connectivity index (χ2n) is 14.5. The molecule has 6 N–H and O–H groups in total. The Morgan fingerprint density at radius 1 is 0.953 bits per heavy atom. The summed E-state index contributed by atoms with van der Waals surface area (Å²) in [6, 6.07) is 27.3. The Morgan fingerprint density at radius 3 is 2.16 bits per heavy atom. The molecule has 0 radical (unpaired) electrons. The van der Waals surface area contributed by atoms with Crippen LogP contribution in [0.3, 0.4) is 0 Å². The van der Waals surface area contributed by atoms with Crippen LogP contribution >= 0.6 is 23.5 Å². The van der Waals surface area contributed by atoms with Crippen molar-refractivity contribution in [3.8, 4) is 0 Å². The van der Waals surface area contributed by atoms with E-state index in [4.69, 9.17) is 15.0 Å². The molecule has 22 heteroatoms. The first-order chi connectivity index (χ1) is 30.7. The van der Waals surface area contributed by atoms with E-state index in [1.54, 1.807) is 43.4 Å². The van der Waals surface area contributed by atoms with Gasteiger partial charge >= 0.3 is 18.0 Å². The Morgan fingerprint density at radius 2 is 1.59 bits per heavy atom. The summed E-state index contributed by atoms with van der Waals surface area (Å²) < 4.78 is 37.3. The highest BCUT2D eigenvalue weighted by atomic mass is 32.2. The lowest BCUT2D eigenvalue weighted by atomic mass is 10.00. The van der Waals surface area contributed by atoms with E-state index in [1.807, 2.05) is 67.6 Å². The minimum Gasteiger partial charge on any atom is -0.448 e. The number of nitrogens with one attached hydrogen (secondary N) is 3. The van der Waals surface area contributed by atoms with Crippen LogP contribution in [-0.2, 0) is 36.3 Å². The predicted octanol–water partition coefficient (Wildman–Crippen LogP) is 3.59. The van der Waals surface area contributed by atoms with Crippen LogP contribution in [0.15, 0.2) is 131 Å². The number of imide groups is 1. The number of urea groups is 2. The second kappa shape index (κ2) is 19.7. The summed E-state index contributed by atoms with van der Waals surface area (Å²) in [4.78, 5) is 69.8. The zero-order valence-corrected chi connectivity index (χ0v) is 36.7. The standard InChI is InChI=1S/C35H34N10O6S2.C7H8O3S/c1-43-35(40-41-42-43)53-19-23-18-52-31-26(38-29(46)25(20-12-14-24(36)15-13-20)39-34(50)44-17-16-37-33(44)49)30(47)45(31)27(23)32(48)51-28(21-8-4-2-5-9-21)22-10-6-3-7-11-22;1-6-2-4-7(5-3-6)11(8,9)10/h2-15,25-26,28,31H,16-19,36H2,1H3,(H,37,49)(H,38,46)(H,39,50);2-5H,1H3,(H,8,9,10)/t25-,26-,31+;/m1./s1. The number of hydrogen-bond acceptors (Lipinski definition) is 14. The van der Waals surface area contributed by atoms with Gasteiger partial charge in [-0.2, -0.15) is 8.42 Å². The first-order valence-corrected chi connectivity index (χ1v) is 23.1. The van der Waals surface area contributed by atoms with E-state index >= 15 is 0 Å². The highest BCUT2D eigenvalue weighted by Crippen LogP contribution is 2.43. The van der Waals surface area contributed by atoms with Crippen LogP contribution in [0, 0.1) is 6.92 Å². The van der Waals surface area contributed by atoms with Gasteiger partial charge in [-0.15, -0.1) is 16.9 Å². The van der Waals surface area contributed by atoms with Crippen molar-refractivity contribution in [1.82, 2.24) is 46.0 Å². The van der Waals surface area contributed by atoms with Gasteiger partial charge in [0, 0.05) is 37.3 Å². The minimum absolute atomic E-state index is 0.0666. The average Bonchev–Trinajstić information content (AvgIpc) is 3.93.